The molecule has 1 aromatic carbocycles. The molecule has 0 saturated carbocycles. The first-order chi connectivity index (χ1) is 11.5. The molecule has 0 radical (unpaired) electrons. The molecule has 1 heterocycles. The predicted molar refractivity (Wildman–Crippen MR) is 81.7 cm³/mol. The number of carbonyl (C=O) groups excluding carboxylic acids is 3. The summed E-state index contributed by atoms with van der Waals surface area (Å²) >= 11 is 0. The van der Waals surface area contributed by atoms with Gasteiger partial charge in [-0.05, 0) is 19.1 Å². The average molecular weight is 337 g/mol. The van der Waals surface area contributed by atoms with Crippen molar-refractivity contribution >= 4 is 23.6 Å². The quantitative estimate of drug-likeness (QED) is 0.573. The predicted octanol–water partition coefficient (Wildman–Crippen LogP) is 0.701. The van der Waals surface area contributed by atoms with E-state index in [2.05, 4.69) is 4.74 Å². The molecule has 24 heavy (non-hydrogen) atoms. The van der Waals surface area contributed by atoms with Gasteiger partial charge in [0.1, 0.15) is 5.92 Å². The third-order valence-corrected chi connectivity index (χ3v) is 3.59. The molecule has 0 N–H and O–H groups in total. The molecule has 0 bridgehead atoms. The molecule has 0 aromatic heterocycles. The molecule has 8 nitrogen and oxygen atoms in total. The van der Waals surface area contributed by atoms with Crippen molar-refractivity contribution in [1.29, 1.82) is 0 Å². The van der Waals surface area contributed by atoms with Gasteiger partial charge < -0.3 is 14.2 Å². The van der Waals surface area contributed by atoms with E-state index in [1.165, 1.54) is 19.3 Å². The molecule has 1 aliphatic heterocycles. The normalized spacial score (nSPS) is 22.8. The fraction of sp³-hybridized carbons (Fsp3) is 0.438. The van der Waals surface area contributed by atoms with Crippen LogP contribution in [0.1, 0.15) is 6.92 Å². The van der Waals surface area contributed by atoms with E-state index in [-0.39, 0.29) is 6.61 Å². The molecule has 8 heteroatoms. The SMILES string of the molecule is CCOC(=O)[C@@H]1[C@@H](C(=O)OC)[C@@H](C(=O)OC)ON1c1ccccc1. The highest BCUT2D eigenvalue weighted by Gasteiger charge is 2.56. The van der Waals surface area contributed by atoms with E-state index in [4.69, 9.17) is 14.3 Å². The van der Waals surface area contributed by atoms with Gasteiger partial charge in [-0.15, -0.1) is 0 Å². The second-order valence-corrected chi connectivity index (χ2v) is 4.96. The lowest BCUT2D eigenvalue weighted by atomic mass is 9.94. The number of esters is 3. The molecule has 0 unspecified atom stereocenters. The monoisotopic (exact) mass is 337 g/mol. The van der Waals surface area contributed by atoms with Crippen molar-refractivity contribution in [1.82, 2.24) is 0 Å². The van der Waals surface area contributed by atoms with Crippen LogP contribution in [0.25, 0.3) is 0 Å². The van der Waals surface area contributed by atoms with Crippen LogP contribution in [0.15, 0.2) is 30.3 Å². The molecular formula is C16H19NO7. The van der Waals surface area contributed by atoms with Crippen LogP contribution < -0.4 is 5.06 Å². The van der Waals surface area contributed by atoms with Crippen molar-refractivity contribution < 1.29 is 33.4 Å². The number of carbonyl (C=O) groups is 3. The minimum atomic E-state index is -1.31. The Hall–Kier alpha value is -2.61. The molecule has 1 saturated heterocycles. The summed E-state index contributed by atoms with van der Waals surface area (Å²) in [6.07, 6.45) is -1.31. The Morgan fingerprint density at radius 2 is 1.67 bits per heavy atom. The highest BCUT2D eigenvalue weighted by atomic mass is 16.7. The summed E-state index contributed by atoms with van der Waals surface area (Å²) in [5.41, 5.74) is 0.496. The maximum absolute atomic E-state index is 12.4. The van der Waals surface area contributed by atoms with E-state index in [0.717, 1.165) is 0 Å². The van der Waals surface area contributed by atoms with Crippen molar-refractivity contribution in [3.63, 3.8) is 0 Å². The van der Waals surface area contributed by atoms with E-state index in [1.54, 1.807) is 37.3 Å². The molecule has 130 valence electrons. The van der Waals surface area contributed by atoms with Crippen molar-refractivity contribution in [2.24, 2.45) is 5.92 Å². The Morgan fingerprint density at radius 3 is 2.21 bits per heavy atom. The Balaban J connectivity index is 2.47. The second-order valence-electron chi connectivity index (χ2n) is 4.96. The molecule has 1 fully saturated rings. The van der Waals surface area contributed by atoms with Crippen LogP contribution in [0.5, 0.6) is 0 Å². The van der Waals surface area contributed by atoms with Crippen molar-refractivity contribution in [2.75, 3.05) is 25.9 Å². The summed E-state index contributed by atoms with van der Waals surface area (Å²) in [6, 6.07) is 7.46. The first-order valence-electron chi connectivity index (χ1n) is 7.38. The van der Waals surface area contributed by atoms with Crippen molar-refractivity contribution in [3.05, 3.63) is 30.3 Å². The molecular weight excluding hydrogens is 318 g/mol. The van der Waals surface area contributed by atoms with Crippen LogP contribution >= 0.6 is 0 Å². The number of ether oxygens (including phenoxy) is 3. The summed E-state index contributed by atoms with van der Waals surface area (Å²) in [7, 11) is 2.34. The zero-order valence-corrected chi connectivity index (χ0v) is 13.6. The Kier molecular flexibility index (Phi) is 5.75. The number of benzene rings is 1. The number of para-hydroxylation sites is 1. The number of hydroxylamine groups is 1. The molecule has 0 amide bonds. The highest BCUT2D eigenvalue weighted by Crippen LogP contribution is 2.34. The number of hydrogen-bond donors (Lipinski definition) is 0. The van der Waals surface area contributed by atoms with Crippen LogP contribution in [0.2, 0.25) is 0 Å². The topological polar surface area (TPSA) is 91.4 Å². The van der Waals surface area contributed by atoms with Crippen LogP contribution in [-0.2, 0) is 33.4 Å². The maximum Gasteiger partial charge on any atom is 0.338 e. The molecule has 3 atom stereocenters. The molecule has 1 aromatic rings. The van der Waals surface area contributed by atoms with E-state index >= 15 is 0 Å². The third kappa shape index (κ3) is 3.33. The number of nitrogens with zero attached hydrogens (tertiary/aromatic N) is 1. The molecule has 0 aliphatic carbocycles. The summed E-state index contributed by atoms with van der Waals surface area (Å²) in [6.45, 7) is 1.76. The van der Waals surface area contributed by atoms with E-state index in [0.29, 0.717) is 5.69 Å². The lowest BCUT2D eigenvalue weighted by Crippen LogP contribution is -2.45. The summed E-state index contributed by atoms with van der Waals surface area (Å²) < 4.78 is 14.5. The standard InChI is InChI=1S/C16H19NO7/c1-4-23-15(19)12-11(14(18)21-2)13(16(20)22-3)24-17(12)10-8-6-5-7-9-10/h5-9,11-13H,4H2,1-3H3/t11-,12+,13+/m1/s1. The molecule has 2 rings (SSSR count). The smallest absolute Gasteiger partial charge is 0.338 e. The highest BCUT2D eigenvalue weighted by molar-refractivity contribution is 5.93. The van der Waals surface area contributed by atoms with Crippen molar-refractivity contribution in [2.45, 2.75) is 19.1 Å². The Bertz CT molecular complexity index is 604. The van der Waals surface area contributed by atoms with Gasteiger partial charge in [0.25, 0.3) is 0 Å². The van der Waals surface area contributed by atoms with Gasteiger partial charge in [0.2, 0.25) is 0 Å². The van der Waals surface area contributed by atoms with Crippen LogP contribution in [0, 0.1) is 5.92 Å². The lowest BCUT2D eigenvalue weighted by Gasteiger charge is -2.24. The van der Waals surface area contributed by atoms with Crippen LogP contribution in [-0.4, -0.2) is 50.9 Å². The Labute approximate surface area is 139 Å². The molecule has 1 aliphatic rings. The summed E-state index contributed by atoms with van der Waals surface area (Å²) in [4.78, 5) is 42.2. The van der Waals surface area contributed by atoms with Gasteiger partial charge in [-0.3, -0.25) is 9.63 Å². The number of rotatable bonds is 5. The fourth-order valence-electron chi connectivity index (χ4n) is 2.53. The average Bonchev–Trinajstić information content (AvgIpc) is 3.02. The van der Waals surface area contributed by atoms with Gasteiger partial charge in [-0.1, -0.05) is 18.2 Å². The van der Waals surface area contributed by atoms with Gasteiger partial charge in [0.05, 0.1) is 26.5 Å². The maximum atomic E-state index is 12.4. The van der Waals surface area contributed by atoms with E-state index < -0.39 is 36.0 Å². The molecule has 0 spiro atoms. The second kappa shape index (κ2) is 7.78. The van der Waals surface area contributed by atoms with Gasteiger partial charge in [0.15, 0.2) is 12.1 Å². The van der Waals surface area contributed by atoms with Gasteiger partial charge in [-0.2, -0.15) is 0 Å². The van der Waals surface area contributed by atoms with E-state index in [1.807, 2.05) is 0 Å². The first-order valence-corrected chi connectivity index (χ1v) is 7.38. The first kappa shape index (κ1) is 17.7. The number of anilines is 1. The van der Waals surface area contributed by atoms with Gasteiger partial charge in [-0.25, -0.2) is 14.7 Å². The van der Waals surface area contributed by atoms with Gasteiger partial charge >= 0.3 is 17.9 Å². The zero-order valence-electron chi connectivity index (χ0n) is 13.6. The largest absolute Gasteiger partial charge is 0.469 e. The van der Waals surface area contributed by atoms with Gasteiger partial charge in [0, 0.05) is 0 Å². The number of methoxy groups -OCH3 is 2. The minimum absolute atomic E-state index is 0.120. The van der Waals surface area contributed by atoms with Crippen LogP contribution in [0.3, 0.4) is 0 Å². The lowest BCUT2D eigenvalue weighted by molar-refractivity contribution is -0.162. The van der Waals surface area contributed by atoms with Crippen LogP contribution in [0.4, 0.5) is 5.69 Å². The minimum Gasteiger partial charge on any atom is -0.469 e. The summed E-state index contributed by atoms with van der Waals surface area (Å²) in [5.74, 6) is -3.44. The Morgan fingerprint density at radius 1 is 1.04 bits per heavy atom. The van der Waals surface area contributed by atoms with Crippen molar-refractivity contribution in [3.8, 4) is 0 Å². The zero-order chi connectivity index (χ0) is 17.7. The summed E-state index contributed by atoms with van der Waals surface area (Å²) in [5, 5.41) is 1.20. The third-order valence-electron chi connectivity index (χ3n) is 3.59. The number of hydrogen-bond acceptors (Lipinski definition) is 8. The van der Waals surface area contributed by atoms with E-state index in [9.17, 15) is 14.4 Å². The fourth-order valence-corrected chi connectivity index (χ4v) is 2.53.